The Morgan fingerprint density at radius 2 is 1.09 bits per heavy atom. The van der Waals surface area contributed by atoms with Gasteiger partial charge in [0, 0.05) is 12.4 Å². The minimum Gasteiger partial charge on any atom is -0.265 e. The SMILES string of the molecule is CCCCCCCCc1ccc(CCc2ccncc2)cc1. The molecule has 0 aliphatic heterocycles. The molecule has 2 aromatic rings. The van der Waals surface area contributed by atoms with E-state index in [0.717, 1.165) is 12.8 Å². The van der Waals surface area contributed by atoms with Gasteiger partial charge in [-0.2, -0.15) is 0 Å². The highest BCUT2D eigenvalue weighted by atomic mass is 14.6. The number of nitrogens with zero attached hydrogens (tertiary/aromatic N) is 1. The molecule has 2 rings (SSSR count). The number of rotatable bonds is 10. The highest BCUT2D eigenvalue weighted by Gasteiger charge is 1.98. The summed E-state index contributed by atoms with van der Waals surface area (Å²) >= 11 is 0. The largest absolute Gasteiger partial charge is 0.265 e. The molecular formula is C21H29N. The summed E-state index contributed by atoms with van der Waals surface area (Å²) in [5, 5.41) is 0. The second-order valence-electron chi connectivity index (χ2n) is 6.19. The predicted molar refractivity (Wildman–Crippen MR) is 95.2 cm³/mol. The van der Waals surface area contributed by atoms with Gasteiger partial charge in [-0.3, -0.25) is 4.98 Å². The standard InChI is InChI=1S/C21H29N/c1-2-3-4-5-6-7-8-19-9-11-20(12-10-19)13-14-21-15-17-22-18-16-21/h9-12,15-18H,2-8,13-14H2,1H3. The van der Waals surface area contributed by atoms with E-state index in [9.17, 15) is 0 Å². The molecule has 0 fully saturated rings. The maximum atomic E-state index is 4.06. The summed E-state index contributed by atoms with van der Waals surface area (Å²) in [6, 6.07) is 13.4. The van der Waals surface area contributed by atoms with E-state index in [-0.39, 0.29) is 0 Å². The first-order valence-corrected chi connectivity index (χ1v) is 8.85. The monoisotopic (exact) mass is 295 g/mol. The Hall–Kier alpha value is -1.63. The zero-order valence-corrected chi connectivity index (χ0v) is 13.9. The molecule has 0 saturated carbocycles. The van der Waals surface area contributed by atoms with Crippen molar-refractivity contribution in [1.29, 1.82) is 0 Å². The first-order valence-electron chi connectivity index (χ1n) is 8.85. The summed E-state index contributed by atoms with van der Waals surface area (Å²) < 4.78 is 0. The molecule has 1 nitrogen and oxygen atoms in total. The molecule has 0 bridgehead atoms. The van der Waals surface area contributed by atoms with Crippen LogP contribution in [0.1, 0.15) is 62.1 Å². The zero-order chi connectivity index (χ0) is 15.5. The van der Waals surface area contributed by atoms with Crippen LogP contribution in [-0.4, -0.2) is 4.98 Å². The molecule has 22 heavy (non-hydrogen) atoms. The third-order valence-corrected chi connectivity index (χ3v) is 4.29. The summed E-state index contributed by atoms with van der Waals surface area (Å²) in [7, 11) is 0. The van der Waals surface area contributed by atoms with Crippen LogP contribution in [0.3, 0.4) is 0 Å². The Kier molecular flexibility index (Phi) is 7.73. The van der Waals surface area contributed by atoms with E-state index < -0.39 is 0 Å². The fourth-order valence-electron chi connectivity index (χ4n) is 2.82. The normalized spacial score (nSPS) is 10.8. The number of aromatic nitrogens is 1. The van der Waals surface area contributed by atoms with Gasteiger partial charge in [0.2, 0.25) is 0 Å². The average Bonchev–Trinajstić information content (AvgIpc) is 2.58. The van der Waals surface area contributed by atoms with Gasteiger partial charge in [0.25, 0.3) is 0 Å². The summed E-state index contributed by atoms with van der Waals surface area (Å²) in [5.74, 6) is 0. The Morgan fingerprint density at radius 1 is 0.591 bits per heavy atom. The molecule has 0 N–H and O–H groups in total. The van der Waals surface area contributed by atoms with Crippen LogP contribution in [-0.2, 0) is 19.3 Å². The van der Waals surface area contributed by atoms with Crippen molar-refractivity contribution in [2.45, 2.75) is 64.7 Å². The molecule has 1 heterocycles. The van der Waals surface area contributed by atoms with Gasteiger partial charge in [-0.15, -0.1) is 0 Å². The van der Waals surface area contributed by atoms with Crippen LogP contribution in [0.2, 0.25) is 0 Å². The minimum atomic E-state index is 1.10. The van der Waals surface area contributed by atoms with E-state index >= 15 is 0 Å². The van der Waals surface area contributed by atoms with Gasteiger partial charge in [0.1, 0.15) is 0 Å². The van der Waals surface area contributed by atoms with E-state index in [4.69, 9.17) is 0 Å². The summed E-state index contributed by atoms with van der Waals surface area (Å²) in [4.78, 5) is 4.06. The second-order valence-corrected chi connectivity index (χ2v) is 6.19. The van der Waals surface area contributed by atoms with Gasteiger partial charge in [-0.1, -0.05) is 63.3 Å². The lowest BCUT2D eigenvalue weighted by atomic mass is 10.0. The summed E-state index contributed by atoms with van der Waals surface area (Å²) in [6.45, 7) is 2.27. The van der Waals surface area contributed by atoms with Gasteiger partial charge in [0.05, 0.1) is 0 Å². The van der Waals surface area contributed by atoms with Crippen molar-refractivity contribution in [2.75, 3.05) is 0 Å². The number of aryl methyl sites for hydroxylation is 3. The van der Waals surface area contributed by atoms with Crippen LogP contribution in [0.4, 0.5) is 0 Å². The van der Waals surface area contributed by atoms with Crippen molar-refractivity contribution in [3.05, 3.63) is 65.5 Å². The molecule has 1 heteroatoms. The van der Waals surface area contributed by atoms with Gasteiger partial charge >= 0.3 is 0 Å². The number of hydrogen-bond acceptors (Lipinski definition) is 1. The van der Waals surface area contributed by atoms with Gasteiger partial charge in [0.15, 0.2) is 0 Å². The van der Waals surface area contributed by atoms with Gasteiger partial charge < -0.3 is 0 Å². The maximum Gasteiger partial charge on any atom is 0.0270 e. The molecule has 0 aliphatic rings. The summed E-state index contributed by atoms with van der Waals surface area (Å²) in [5.41, 5.74) is 4.29. The molecule has 0 atom stereocenters. The van der Waals surface area contributed by atoms with Crippen LogP contribution in [0.15, 0.2) is 48.8 Å². The molecular weight excluding hydrogens is 266 g/mol. The molecule has 0 radical (unpaired) electrons. The van der Waals surface area contributed by atoms with E-state index in [1.54, 1.807) is 0 Å². The quantitative estimate of drug-likeness (QED) is 0.507. The Balaban J connectivity index is 1.67. The van der Waals surface area contributed by atoms with Crippen molar-refractivity contribution >= 4 is 0 Å². The smallest absolute Gasteiger partial charge is 0.0270 e. The topological polar surface area (TPSA) is 12.9 Å². The van der Waals surface area contributed by atoms with E-state index in [1.165, 1.54) is 61.6 Å². The maximum absolute atomic E-state index is 4.06. The van der Waals surface area contributed by atoms with E-state index in [1.807, 2.05) is 12.4 Å². The van der Waals surface area contributed by atoms with Crippen molar-refractivity contribution < 1.29 is 0 Å². The van der Waals surface area contributed by atoms with Crippen LogP contribution in [0.25, 0.3) is 0 Å². The fraction of sp³-hybridized carbons (Fsp3) is 0.476. The number of unbranched alkanes of at least 4 members (excludes halogenated alkanes) is 5. The zero-order valence-electron chi connectivity index (χ0n) is 13.9. The molecule has 0 saturated heterocycles. The second kappa shape index (κ2) is 10.2. The fourth-order valence-corrected chi connectivity index (χ4v) is 2.82. The lowest BCUT2D eigenvalue weighted by Gasteiger charge is -2.05. The van der Waals surface area contributed by atoms with E-state index in [0.29, 0.717) is 0 Å². The lowest BCUT2D eigenvalue weighted by Crippen LogP contribution is -1.92. The van der Waals surface area contributed by atoms with Crippen LogP contribution >= 0.6 is 0 Å². The van der Waals surface area contributed by atoms with Gasteiger partial charge in [-0.05, 0) is 54.5 Å². The molecule has 0 unspecified atom stereocenters. The third kappa shape index (κ3) is 6.43. The Bertz CT molecular complexity index is 501. The molecule has 0 amide bonds. The first-order chi connectivity index (χ1) is 10.9. The van der Waals surface area contributed by atoms with E-state index in [2.05, 4.69) is 48.3 Å². The lowest BCUT2D eigenvalue weighted by molar-refractivity contribution is 0.607. The summed E-state index contributed by atoms with van der Waals surface area (Å²) in [6.07, 6.45) is 15.4. The van der Waals surface area contributed by atoms with Crippen molar-refractivity contribution in [1.82, 2.24) is 4.98 Å². The average molecular weight is 295 g/mol. The van der Waals surface area contributed by atoms with Crippen LogP contribution in [0.5, 0.6) is 0 Å². The molecule has 1 aromatic heterocycles. The Labute approximate surface area is 135 Å². The minimum absolute atomic E-state index is 1.10. The van der Waals surface area contributed by atoms with Gasteiger partial charge in [-0.25, -0.2) is 0 Å². The molecule has 0 aliphatic carbocycles. The van der Waals surface area contributed by atoms with Crippen molar-refractivity contribution in [3.63, 3.8) is 0 Å². The molecule has 1 aromatic carbocycles. The first kappa shape index (κ1) is 16.7. The predicted octanol–water partition coefficient (Wildman–Crippen LogP) is 5.77. The Morgan fingerprint density at radius 3 is 1.73 bits per heavy atom. The highest BCUT2D eigenvalue weighted by Crippen LogP contribution is 2.12. The highest BCUT2D eigenvalue weighted by molar-refractivity contribution is 5.24. The molecule has 118 valence electrons. The van der Waals surface area contributed by atoms with Crippen LogP contribution in [0, 0.1) is 0 Å². The van der Waals surface area contributed by atoms with Crippen LogP contribution < -0.4 is 0 Å². The van der Waals surface area contributed by atoms with Crippen molar-refractivity contribution in [3.8, 4) is 0 Å². The number of hydrogen-bond donors (Lipinski definition) is 0. The molecule has 0 spiro atoms. The third-order valence-electron chi connectivity index (χ3n) is 4.29. The number of pyridine rings is 1. The van der Waals surface area contributed by atoms with Crippen molar-refractivity contribution in [2.24, 2.45) is 0 Å². The number of benzene rings is 1.